The van der Waals surface area contributed by atoms with Gasteiger partial charge in [0.2, 0.25) is 11.8 Å². The maximum absolute atomic E-state index is 12.8. The molecule has 3 aliphatic heterocycles. The van der Waals surface area contributed by atoms with Gasteiger partial charge in [0, 0.05) is 25.5 Å². The summed E-state index contributed by atoms with van der Waals surface area (Å²) >= 11 is 0. The highest BCUT2D eigenvalue weighted by Gasteiger charge is 2.58. The van der Waals surface area contributed by atoms with E-state index in [9.17, 15) is 24.6 Å². The van der Waals surface area contributed by atoms with Crippen LogP contribution in [0.1, 0.15) is 86.0 Å². The smallest absolute Gasteiger partial charge is 0.303 e. The summed E-state index contributed by atoms with van der Waals surface area (Å²) in [6.07, 6.45) is 11.3. The van der Waals surface area contributed by atoms with E-state index < -0.39 is 29.9 Å². The highest BCUT2D eigenvalue weighted by atomic mass is 16.6. The Balaban J connectivity index is 1.25. The van der Waals surface area contributed by atoms with Gasteiger partial charge in [0.25, 0.3) is 0 Å². The van der Waals surface area contributed by atoms with Crippen LogP contribution in [0.5, 0.6) is 0 Å². The number of nitrogens with one attached hydrogen (secondary N) is 2. The second-order valence-corrected chi connectivity index (χ2v) is 13.4. The zero-order chi connectivity index (χ0) is 32.7. The van der Waals surface area contributed by atoms with E-state index in [1.165, 1.54) is 13.0 Å². The van der Waals surface area contributed by atoms with Crippen LogP contribution < -0.4 is 10.6 Å². The number of amides is 2. The fourth-order valence-electron chi connectivity index (χ4n) is 6.60. The van der Waals surface area contributed by atoms with E-state index >= 15 is 0 Å². The normalized spacial score (nSPS) is 37.8. The predicted molar refractivity (Wildman–Crippen MR) is 167 cm³/mol. The number of carbonyl (C=O) groups is 3. The lowest BCUT2D eigenvalue weighted by Gasteiger charge is -2.39. The molecule has 4 aliphatic rings. The minimum absolute atomic E-state index is 0.00833. The predicted octanol–water partition coefficient (Wildman–Crippen LogP) is 2.78. The molecule has 11 nitrogen and oxygen atoms in total. The zero-order valence-corrected chi connectivity index (χ0v) is 27.3. The van der Waals surface area contributed by atoms with Crippen LogP contribution >= 0.6 is 0 Å². The Morgan fingerprint density at radius 1 is 1.04 bits per heavy atom. The Morgan fingerprint density at radius 2 is 1.76 bits per heavy atom. The molecule has 0 radical (unpaired) electrons. The first-order valence-electron chi connectivity index (χ1n) is 16.4. The summed E-state index contributed by atoms with van der Waals surface area (Å²) in [5.74, 6) is -0.509. The molecular weight excluding hydrogens is 580 g/mol. The van der Waals surface area contributed by atoms with Crippen LogP contribution in [0.25, 0.3) is 0 Å². The minimum atomic E-state index is -0.810. The van der Waals surface area contributed by atoms with Gasteiger partial charge < -0.3 is 39.8 Å². The van der Waals surface area contributed by atoms with Crippen molar-refractivity contribution in [3.05, 3.63) is 36.0 Å². The maximum atomic E-state index is 12.8. The molecule has 45 heavy (non-hydrogen) atoms. The van der Waals surface area contributed by atoms with Crippen molar-refractivity contribution >= 4 is 17.8 Å². The second kappa shape index (κ2) is 15.8. The Bertz CT molecular complexity index is 1120. The van der Waals surface area contributed by atoms with Crippen molar-refractivity contribution in [3.63, 3.8) is 0 Å². The topological polar surface area (TPSA) is 156 Å². The van der Waals surface area contributed by atoms with Crippen LogP contribution in [0.2, 0.25) is 0 Å². The molecule has 0 aromatic heterocycles. The number of esters is 1. The van der Waals surface area contributed by atoms with Gasteiger partial charge in [-0.1, -0.05) is 30.7 Å². The van der Waals surface area contributed by atoms with Crippen molar-refractivity contribution in [2.75, 3.05) is 6.61 Å². The molecule has 0 unspecified atom stereocenters. The van der Waals surface area contributed by atoms with E-state index in [2.05, 4.69) is 23.6 Å². The molecule has 0 bridgehead atoms. The average Bonchev–Trinajstić information content (AvgIpc) is 3.74. The number of rotatable bonds is 11. The molecular formula is C34H52N2O9. The van der Waals surface area contributed by atoms with Crippen molar-refractivity contribution in [1.29, 1.82) is 0 Å². The molecule has 1 saturated carbocycles. The number of epoxide rings is 1. The van der Waals surface area contributed by atoms with Gasteiger partial charge in [0.1, 0.15) is 23.9 Å². The molecule has 0 aromatic carbocycles. The highest BCUT2D eigenvalue weighted by Crippen LogP contribution is 2.43. The van der Waals surface area contributed by atoms with Crippen LogP contribution in [0, 0.1) is 5.92 Å². The third-order valence-electron chi connectivity index (χ3n) is 9.40. The first kappa shape index (κ1) is 35.3. The van der Waals surface area contributed by atoms with E-state index in [-0.39, 0.29) is 60.7 Å². The molecule has 9 atom stereocenters. The lowest BCUT2D eigenvalue weighted by molar-refractivity contribution is -0.146. The molecule has 3 saturated heterocycles. The number of hydrogen-bond acceptors (Lipinski definition) is 9. The molecule has 2 amide bonds. The molecule has 0 aromatic rings. The van der Waals surface area contributed by atoms with Gasteiger partial charge in [-0.2, -0.15) is 0 Å². The summed E-state index contributed by atoms with van der Waals surface area (Å²) in [4.78, 5) is 36.2. The minimum Gasteiger partial charge on any atom is -0.459 e. The van der Waals surface area contributed by atoms with Gasteiger partial charge in [-0.05, 0) is 71.3 Å². The molecule has 1 spiro atoms. The largest absolute Gasteiger partial charge is 0.459 e. The molecule has 4 N–H and O–H groups in total. The first-order chi connectivity index (χ1) is 21.3. The van der Waals surface area contributed by atoms with Crippen molar-refractivity contribution in [1.82, 2.24) is 10.6 Å². The monoisotopic (exact) mass is 632 g/mol. The van der Waals surface area contributed by atoms with E-state index in [0.29, 0.717) is 32.3 Å². The number of allylic oxidation sites excluding steroid dienone is 2. The van der Waals surface area contributed by atoms with Crippen LogP contribution in [-0.4, -0.2) is 95.0 Å². The molecule has 4 rings (SSSR count). The number of ether oxygens (including phenoxy) is 4. The SMILES string of the molecule is CC(=O)O[C@@H](C)C=CC(=O)N[C@@H]1C[C@H](C)[C@H](CC=C(C)C=C[C@H]2O[C@H](CC(=O)NC3CCC(O)CC3)C[C@@]3(CO3)[C@@H]2O)O[C@@H]1C. The standard InChI is InChI=1S/C34H52N2O9/c1-20(6-13-29-21(2)16-28(23(4)44-29)36-31(39)15-8-22(3)43-24(5)37)7-14-30-33(41)34(19-42-34)18-27(45-30)17-32(40)35-25-9-11-26(38)12-10-25/h6-8,14-15,21-23,25-30,33,38,41H,9-13,16-19H2,1-5H3,(H,35,40)(H,36,39)/t21-,22-,23+,25?,26?,27+,28+,29-,30+,33+,34+/m0/s1. The number of aliphatic hydroxyl groups is 2. The van der Waals surface area contributed by atoms with E-state index in [1.54, 1.807) is 13.0 Å². The van der Waals surface area contributed by atoms with Crippen molar-refractivity contribution < 1.29 is 43.5 Å². The molecule has 11 heteroatoms. The van der Waals surface area contributed by atoms with Gasteiger partial charge in [-0.25, -0.2) is 0 Å². The zero-order valence-electron chi connectivity index (χ0n) is 27.3. The first-order valence-corrected chi connectivity index (χ1v) is 16.4. The summed E-state index contributed by atoms with van der Waals surface area (Å²) in [6.45, 7) is 9.54. The lowest BCUT2D eigenvalue weighted by Crippen LogP contribution is -2.51. The maximum Gasteiger partial charge on any atom is 0.303 e. The second-order valence-electron chi connectivity index (χ2n) is 13.4. The number of aliphatic hydroxyl groups excluding tert-OH is 2. The van der Waals surface area contributed by atoms with Gasteiger partial charge >= 0.3 is 5.97 Å². The van der Waals surface area contributed by atoms with Crippen molar-refractivity contribution in [2.45, 2.75) is 146 Å². The van der Waals surface area contributed by atoms with E-state index in [0.717, 1.165) is 24.8 Å². The highest BCUT2D eigenvalue weighted by molar-refractivity contribution is 5.87. The van der Waals surface area contributed by atoms with Crippen LogP contribution in [0.15, 0.2) is 36.0 Å². The van der Waals surface area contributed by atoms with Crippen LogP contribution in [0.3, 0.4) is 0 Å². The third kappa shape index (κ3) is 10.5. The fourth-order valence-corrected chi connectivity index (χ4v) is 6.60. The van der Waals surface area contributed by atoms with Gasteiger partial charge in [0.05, 0.1) is 43.5 Å². The van der Waals surface area contributed by atoms with Gasteiger partial charge in [-0.3, -0.25) is 14.4 Å². The fraction of sp³-hybridized carbons (Fsp3) is 0.735. The van der Waals surface area contributed by atoms with Gasteiger partial charge in [0.15, 0.2) is 0 Å². The summed E-state index contributed by atoms with van der Waals surface area (Å²) in [7, 11) is 0. The number of hydrogen-bond donors (Lipinski definition) is 4. The van der Waals surface area contributed by atoms with Crippen molar-refractivity contribution in [2.24, 2.45) is 5.92 Å². The van der Waals surface area contributed by atoms with E-state index in [1.807, 2.05) is 26.0 Å². The van der Waals surface area contributed by atoms with Gasteiger partial charge in [-0.15, -0.1) is 0 Å². The summed E-state index contributed by atoms with van der Waals surface area (Å²) < 4.78 is 23.2. The quantitative estimate of drug-likeness (QED) is 0.116. The Kier molecular flexibility index (Phi) is 12.4. The van der Waals surface area contributed by atoms with Crippen LogP contribution in [0.4, 0.5) is 0 Å². The Morgan fingerprint density at radius 3 is 2.42 bits per heavy atom. The molecule has 4 fully saturated rings. The summed E-state index contributed by atoms with van der Waals surface area (Å²) in [6, 6.07) is -0.0472. The summed E-state index contributed by atoms with van der Waals surface area (Å²) in [5, 5.41) is 26.8. The Hall–Kier alpha value is -2.57. The summed E-state index contributed by atoms with van der Waals surface area (Å²) in [5.41, 5.74) is 0.344. The lowest BCUT2D eigenvalue weighted by atomic mass is 9.87. The van der Waals surface area contributed by atoms with Crippen molar-refractivity contribution in [3.8, 4) is 0 Å². The molecule has 252 valence electrons. The Labute approximate surface area is 266 Å². The molecule has 1 aliphatic carbocycles. The van der Waals surface area contributed by atoms with Crippen LogP contribution in [-0.2, 0) is 33.3 Å². The number of carbonyl (C=O) groups excluding carboxylic acids is 3. The molecule has 3 heterocycles. The van der Waals surface area contributed by atoms with E-state index in [4.69, 9.17) is 18.9 Å². The third-order valence-corrected chi connectivity index (χ3v) is 9.40. The average molecular weight is 633 g/mol.